The quantitative estimate of drug-likeness (QED) is 0.668. The molecule has 17 heavy (non-hydrogen) atoms. The van der Waals surface area contributed by atoms with Gasteiger partial charge in [-0.1, -0.05) is 25.8 Å². The third kappa shape index (κ3) is 2.41. The molecule has 0 aromatic carbocycles. The van der Waals surface area contributed by atoms with Gasteiger partial charge in [0, 0.05) is 6.54 Å². The molecule has 0 aromatic rings. The van der Waals surface area contributed by atoms with Crippen molar-refractivity contribution in [3.05, 3.63) is 22.7 Å². The number of hydrogen-bond donors (Lipinski definition) is 1. The molecule has 2 rings (SSSR count). The number of H-pyrrole nitrogens is 1. The molecule has 0 saturated heterocycles. The van der Waals surface area contributed by atoms with Gasteiger partial charge in [-0.25, -0.2) is 5.21 Å². The first-order valence-electron chi connectivity index (χ1n) is 5.70. The van der Waals surface area contributed by atoms with Crippen molar-refractivity contribution in [3.63, 3.8) is 0 Å². The fraction of sp³-hybridized carbons (Fsp3) is 0.455. The van der Waals surface area contributed by atoms with E-state index in [2.05, 4.69) is 17.2 Å². The van der Waals surface area contributed by atoms with Crippen LogP contribution in [0.3, 0.4) is 0 Å². The second-order valence-electron chi connectivity index (χ2n) is 3.93. The molecule has 0 spiro atoms. The maximum atomic E-state index is 11.0. The predicted molar refractivity (Wildman–Crippen MR) is 64.9 cm³/mol. The highest BCUT2D eigenvalue weighted by Crippen LogP contribution is 2.19. The van der Waals surface area contributed by atoms with E-state index in [4.69, 9.17) is 0 Å². The van der Waals surface area contributed by atoms with Crippen LogP contribution in [0.4, 0.5) is 0 Å². The molecule has 1 aliphatic carbocycles. The molecule has 0 radical (unpaired) electrons. The van der Waals surface area contributed by atoms with E-state index in [0.29, 0.717) is 5.69 Å². The standard InChI is InChI=1S/C11H15N3O2S/c1-2-3-4-8-14-9-6-5-7-10(17(15)16)11(9)12-13-14/h5-7,13H,2-4,8H2,1H3. The van der Waals surface area contributed by atoms with Crippen LogP contribution >= 0.6 is 0 Å². The highest BCUT2D eigenvalue weighted by molar-refractivity contribution is 7.64. The Morgan fingerprint density at radius 1 is 1.35 bits per heavy atom. The molecule has 1 heterocycles. The maximum Gasteiger partial charge on any atom is 0.223 e. The van der Waals surface area contributed by atoms with Gasteiger partial charge in [0.05, 0.1) is 5.69 Å². The van der Waals surface area contributed by atoms with E-state index in [-0.39, 0.29) is 4.51 Å². The lowest BCUT2D eigenvalue weighted by Gasteiger charge is -2.04. The van der Waals surface area contributed by atoms with Crippen LogP contribution in [0.2, 0.25) is 0 Å². The lowest BCUT2D eigenvalue weighted by Crippen LogP contribution is -2.01. The molecule has 6 heteroatoms. The zero-order valence-corrected chi connectivity index (χ0v) is 10.5. The number of unbranched alkanes of at least 4 members (excludes halogenated alkanes) is 2. The van der Waals surface area contributed by atoms with Crippen LogP contribution in [0.1, 0.15) is 26.2 Å². The van der Waals surface area contributed by atoms with E-state index in [9.17, 15) is 8.42 Å². The van der Waals surface area contributed by atoms with E-state index in [1.165, 1.54) is 0 Å². The van der Waals surface area contributed by atoms with Gasteiger partial charge in [-0.05, 0) is 18.6 Å². The fourth-order valence-electron chi connectivity index (χ4n) is 1.83. The maximum absolute atomic E-state index is 11.0. The number of aromatic nitrogens is 3. The van der Waals surface area contributed by atoms with Gasteiger partial charge in [-0.3, -0.25) is 4.68 Å². The summed E-state index contributed by atoms with van der Waals surface area (Å²) in [5, 5.41) is 6.92. The Balaban J connectivity index is 2.40. The number of aromatic amines is 1. The van der Waals surface area contributed by atoms with Crippen molar-refractivity contribution in [2.75, 3.05) is 0 Å². The summed E-state index contributed by atoms with van der Waals surface area (Å²) in [6.07, 6.45) is 3.37. The Hall–Kier alpha value is -1.56. The van der Waals surface area contributed by atoms with Gasteiger partial charge in [-0.2, -0.15) is 13.5 Å². The van der Waals surface area contributed by atoms with Gasteiger partial charge < -0.3 is 0 Å². The first-order valence-corrected chi connectivity index (χ1v) is 6.77. The Morgan fingerprint density at radius 3 is 2.88 bits per heavy atom. The smallest absolute Gasteiger partial charge is 0.223 e. The van der Waals surface area contributed by atoms with Crippen LogP contribution in [0.15, 0.2) is 18.2 Å². The van der Waals surface area contributed by atoms with Crippen LogP contribution in [0.5, 0.6) is 0 Å². The van der Waals surface area contributed by atoms with E-state index in [1.807, 2.05) is 10.7 Å². The number of para-hydroxylation sites is 1. The van der Waals surface area contributed by atoms with Gasteiger partial charge in [0.2, 0.25) is 10.3 Å². The molecule has 5 nitrogen and oxygen atoms in total. The van der Waals surface area contributed by atoms with Crippen molar-refractivity contribution in [1.29, 1.82) is 0 Å². The monoisotopic (exact) mass is 253 g/mol. The number of hydrogen-bond acceptors (Lipinski definition) is 3. The third-order valence-electron chi connectivity index (χ3n) is 2.72. The van der Waals surface area contributed by atoms with Gasteiger partial charge in [0.15, 0.2) is 0 Å². The number of aryl methyl sites for hydroxylation is 1. The summed E-state index contributed by atoms with van der Waals surface area (Å²) in [7, 11) is -2.24. The summed E-state index contributed by atoms with van der Waals surface area (Å²) in [5.74, 6) is 0. The predicted octanol–water partition coefficient (Wildman–Crippen LogP) is 1.92. The van der Waals surface area contributed by atoms with Crippen molar-refractivity contribution in [1.82, 2.24) is 15.0 Å². The number of benzene rings is 1. The highest BCUT2D eigenvalue weighted by atomic mass is 32.2. The van der Waals surface area contributed by atoms with Gasteiger partial charge in [0.1, 0.15) is 10.2 Å². The zero-order chi connectivity index (χ0) is 12.3. The van der Waals surface area contributed by atoms with Crippen molar-refractivity contribution >= 4 is 10.3 Å². The fourth-order valence-corrected chi connectivity index (χ4v) is 2.33. The molecule has 2 aliphatic rings. The minimum Gasteiger partial charge on any atom is -0.270 e. The van der Waals surface area contributed by atoms with E-state index in [1.54, 1.807) is 12.1 Å². The Bertz CT molecular complexity index is 631. The number of rotatable bonds is 4. The zero-order valence-electron chi connectivity index (χ0n) is 9.68. The SMILES string of the molecule is CCCCCn1[nH]nc2c(=S(=O)=O)cccc1-2. The number of fused-ring (bicyclic) bond motifs is 1. The highest BCUT2D eigenvalue weighted by Gasteiger charge is 2.11. The lowest BCUT2D eigenvalue weighted by molar-refractivity contribution is 0.543. The molecule has 0 aromatic heterocycles. The largest absolute Gasteiger partial charge is 0.270 e. The average molecular weight is 253 g/mol. The second-order valence-corrected chi connectivity index (χ2v) is 4.84. The van der Waals surface area contributed by atoms with Crippen molar-refractivity contribution in [3.8, 4) is 11.4 Å². The molecule has 0 unspecified atom stereocenters. The van der Waals surface area contributed by atoms with Gasteiger partial charge in [-0.15, -0.1) is 0 Å². The van der Waals surface area contributed by atoms with Gasteiger partial charge >= 0.3 is 0 Å². The number of nitrogens with zero attached hydrogens (tertiary/aromatic N) is 2. The van der Waals surface area contributed by atoms with Gasteiger partial charge in [0.25, 0.3) is 0 Å². The summed E-state index contributed by atoms with van der Waals surface area (Å²) < 4.78 is 24.2. The average Bonchev–Trinajstić information content (AvgIpc) is 2.72. The summed E-state index contributed by atoms with van der Waals surface area (Å²) in [6, 6.07) is 5.17. The Morgan fingerprint density at radius 2 is 2.18 bits per heavy atom. The molecule has 1 aliphatic heterocycles. The van der Waals surface area contributed by atoms with E-state index in [0.717, 1.165) is 31.5 Å². The minimum absolute atomic E-state index is 0.244. The van der Waals surface area contributed by atoms with Crippen LogP contribution in [0.25, 0.3) is 11.4 Å². The van der Waals surface area contributed by atoms with Crippen LogP contribution < -0.4 is 0 Å². The van der Waals surface area contributed by atoms with Crippen molar-refractivity contribution in [2.45, 2.75) is 32.7 Å². The minimum atomic E-state index is -2.24. The summed E-state index contributed by atoms with van der Waals surface area (Å²) >= 11 is 0. The molecule has 0 fully saturated rings. The van der Waals surface area contributed by atoms with E-state index >= 15 is 0 Å². The molecule has 0 bridgehead atoms. The lowest BCUT2D eigenvalue weighted by atomic mass is 10.2. The Labute approximate surface area is 101 Å². The van der Waals surface area contributed by atoms with Crippen LogP contribution in [-0.2, 0) is 16.8 Å². The number of nitrogens with one attached hydrogen (secondary N) is 1. The molecular formula is C11H15N3O2S. The molecule has 0 saturated carbocycles. The molecule has 0 amide bonds. The van der Waals surface area contributed by atoms with Crippen molar-refractivity contribution in [2.24, 2.45) is 0 Å². The molecule has 0 atom stereocenters. The normalized spacial score (nSPS) is 10.9. The van der Waals surface area contributed by atoms with Crippen LogP contribution in [-0.4, -0.2) is 23.4 Å². The van der Waals surface area contributed by atoms with Crippen molar-refractivity contribution < 1.29 is 8.42 Å². The molecular weight excluding hydrogens is 238 g/mol. The van der Waals surface area contributed by atoms with E-state index < -0.39 is 10.3 Å². The summed E-state index contributed by atoms with van der Waals surface area (Å²) in [4.78, 5) is 0. The third-order valence-corrected chi connectivity index (χ3v) is 3.40. The second kappa shape index (κ2) is 5.18. The topological polar surface area (TPSA) is 67.8 Å². The molecule has 92 valence electrons. The summed E-state index contributed by atoms with van der Waals surface area (Å²) in [6.45, 7) is 2.98. The first kappa shape index (κ1) is 11.9. The Kier molecular flexibility index (Phi) is 3.63. The van der Waals surface area contributed by atoms with Crippen LogP contribution in [0, 0.1) is 4.51 Å². The molecule has 1 N–H and O–H groups in total. The summed E-state index contributed by atoms with van der Waals surface area (Å²) in [5.41, 5.74) is 1.35. The first-order chi connectivity index (χ1) is 8.24.